The number of nitrogens with zero attached hydrogens (tertiary/aromatic N) is 4. The predicted octanol–water partition coefficient (Wildman–Crippen LogP) is 4.08. The molecule has 27 heavy (non-hydrogen) atoms. The number of carbonyl (C=O) groups excluding carboxylic acids is 1. The number of hydrogen-bond donors (Lipinski definition) is 1. The molecular formula is C18H14ClN5O2S. The summed E-state index contributed by atoms with van der Waals surface area (Å²) in [5.41, 5.74) is 1.78. The number of methoxy groups -OCH3 is 1. The Balaban J connectivity index is 1.71. The van der Waals surface area contributed by atoms with Crippen LogP contribution in [0, 0.1) is 6.92 Å². The lowest BCUT2D eigenvalue weighted by atomic mass is 10.1. The monoisotopic (exact) mass is 399 g/mol. The van der Waals surface area contributed by atoms with Crippen molar-refractivity contribution in [2.75, 3.05) is 12.4 Å². The summed E-state index contributed by atoms with van der Waals surface area (Å²) in [5.74, 6) is 0.836. The molecule has 1 amide bonds. The second kappa shape index (κ2) is 6.98. The van der Waals surface area contributed by atoms with Crippen LogP contribution in [0.3, 0.4) is 0 Å². The maximum Gasteiger partial charge on any atom is 0.259 e. The largest absolute Gasteiger partial charge is 0.496 e. The van der Waals surface area contributed by atoms with Gasteiger partial charge in [-0.2, -0.15) is 9.61 Å². The van der Waals surface area contributed by atoms with Gasteiger partial charge in [0.05, 0.1) is 18.4 Å². The van der Waals surface area contributed by atoms with E-state index in [-0.39, 0.29) is 5.91 Å². The van der Waals surface area contributed by atoms with Gasteiger partial charge in [-0.15, -0.1) is 10.2 Å². The summed E-state index contributed by atoms with van der Waals surface area (Å²) in [4.78, 5) is 13.5. The van der Waals surface area contributed by atoms with Crippen molar-refractivity contribution in [3.05, 3.63) is 58.9 Å². The summed E-state index contributed by atoms with van der Waals surface area (Å²) >= 11 is 7.44. The van der Waals surface area contributed by atoms with E-state index in [1.807, 2.05) is 31.2 Å². The van der Waals surface area contributed by atoms with Crippen LogP contribution in [0.1, 0.15) is 16.2 Å². The second-order valence-electron chi connectivity index (χ2n) is 5.69. The Morgan fingerprint density at radius 2 is 2.04 bits per heavy atom. The second-order valence-corrected chi connectivity index (χ2v) is 7.09. The number of fused-ring (bicyclic) bond motifs is 1. The van der Waals surface area contributed by atoms with Crippen LogP contribution in [-0.4, -0.2) is 32.8 Å². The van der Waals surface area contributed by atoms with E-state index in [0.717, 1.165) is 10.6 Å². The number of anilines is 1. The number of para-hydroxylation sites is 1. The van der Waals surface area contributed by atoms with Crippen molar-refractivity contribution in [3.8, 4) is 16.3 Å². The summed E-state index contributed by atoms with van der Waals surface area (Å²) in [6.45, 7) is 1.84. The van der Waals surface area contributed by atoms with Crippen molar-refractivity contribution in [2.24, 2.45) is 0 Å². The molecule has 0 bridgehead atoms. The molecule has 2 aromatic carbocycles. The Morgan fingerprint density at radius 1 is 1.22 bits per heavy atom. The van der Waals surface area contributed by atoms with Crippen LogP contribution in [0.2, 0.25) is 5.02 Å². The van der Waals surface area contributed by atoms with E-state index in [0.29, 0.717) is 32.8 Å². The number of ether oxygens (including phenoxy) is 1. The van der Waals surface area contributed by atoms with Crippen molar-refractivity contribution >= 4 is 39.5 Å². The normalized spacial score (nSPS) is 10.9. The van der Waals surface area contributed by atoms with E-state index >= 15 is 0 Å². The van der Waals surface area contributed by atoms with Gasteiger partial charge in [-0.3, -0.25) is 4.79 Å². The number of amides is 1. The molecule has 0 saturated heterocycles. The van der Waals surface area contributed by atoms with Gasteiger partial charge in [0.2, 0.25) is 4.96 Å². The van der Waals surface area contributed by atoms with Crippen molar-refractivity contribution in [2.45, 2.75) is 6.92 Å². The zero-order chi connectivity index (χ0) is 19.0. The van der Waals surface area contributed by atoms with Crippen LogP contribution < -0.4 is 10.1 Å². The molecule has 0 aliphatic carbocycles. The molecule has 0 atom stereocenters. The number of benzene rings is 2. The first kappa shape index (κ1) is 17.4. The molecule has 0 spiro atoms. The molecule has 4 aromatic rings. The van der Waals surface area contributed by atoms with E-state index in [1.54, 1.807) is 22.7 Å². The molecule has 0 unspecified atom stereocenters. The Labute approximate surface area is 163 Å². The molecule has 1 N–H and O–H groups in total. The van der Waals surface area contributed by atoms with Crippen molar-refractivity contribution in [3.63, 3.8) is 0 Å². The van der Waals surface area contributed by atoms with Gasteiger partial charge >= 0.3 is 0 Å². The van der Waals surface area contributed by atoms with Gasteiger partial charge in [0, 0.05) is 10.6 Å². The SMILES string of the molecule is COc1ccc(Cl)cc1C(=O)Nc1ccccc1-c1nn2c(C)nnc2s1. The fraction of sp³-hybridized carbons (Fsp3) is 0.111. The van der Waals surface area contributed by atoms with Gasteiger partial charge < -0.3 is 10.1 Å². The lowest BCUT2D eigenvalue weighted by Gasteiger charge is -2.12. The third-order valence-electron chi connectivity index (χ3n) is 3.96. The first-order valence-corrected chi connectivity index (χ1v) is 9.19. The van der Waals surface area contributed by atoms with Crippen molar-refractivity contribution in [1.29, 1.82) is 0 Å². The smallest absolute Gasteiger partial charge is 0.259 e. The van der Waals surface area contributed by atoms with Crippen LogP contribution in [0.5, 0.6) is 5.75 Å². The summed E-state index contributed by atoms with van der Waals surface area (Å²) in [6.07, 6.45) is 0. The summed E-state index contributed by atoms with van der Waals surface area (Å²) in [6, 6.07) is 12.4. The summed E-state index contributed by atoms with van der Waals surface area (Å²) in [5, 5.41) is 16.7. The first-order chi connectivity index (χ1) is 13.1. The minimum absolute atomic E-state index is 0.319. The fourth-order valence-corrected chi connectivity index (χ4v) is 3.75. The van der Waals surface area contributed by atoms with Gasteiger partial charge in [0.1, 0.15) is 10.8 Å². The van der Waals surface area contributed by atoms with Crippen LogP contribution in [0.4, 0.5) is 5.69 Å². The zero-order valence-corrected chi connectivity index (χ0v) is 16.0. The summed E-state index contributed by atoms with van der Waals surface area (Å²) < 4.78 is 6.95. The predicted molar refractivity (Wildman–Crippen MR) is 105 cm³/mol. The van der Waals surface area contributed by atoms with Crippen molar-refractivity contribution in [1.82, 2.24) is 19.8 Å². The van der Waals surface area contributed by atoms with Crippen LogP contribution in [0.15, 0.2) is 42.5 Å². The quantitative estimate of drug-likeness (QED) is 0.559. The third kappa shape index (κ3) is 3.24. The van der Waals surface area contributed by atoms with Crippen LogP contribution >= 0.6 is 22.9 Å². The van der Waals surface area contributed by atoms with Crippen LogP contribution in [0.25, 0.3) is 15.5 Å². The third-order valence-corrected chi connectivity index (χ3v) is 5.13. The highest BCUT2D eigenvalue weighted by Gasteiger charge is 2.17. The highest BCUT2D eigenvalue weighted by molar-refractivity contribution is 7.19. The average Bonchev–Trinajstić information content (AvgIpc) is 3.24. The maximum absolute atomic E-state index is 12.8. The molecule has 0 fully saturated rings. The molecular weight excluding hydrogens is 386 g/mol. The lowest BCUT2D eigenvalue weighted by Crippen LogP contribution is -2.14. The Kier molecular flexibility index (Phi) is 4.51. The number of halogens is 1. The molecule has 2 aromatic heterocycles. The standard InChI is InChI=1S/C18H14ClN5O2S/c1-10-21-22-18-24(10)23-17(27-18)12-5-3-4-6-14(12)20-16(25)13-9-11(19)7-8-15(13)26-2/h3-9H,1-2H3,(H,20,25). The van der Waals surface area contributed by atoms with E-state index in [4.69, 9.17) is 16.3 Å². The number of rotatable bonds is 4. The van der Waals surface area contributed by atoms with Gasteiger partial charge in [-0.25, -0.2) is 0 Å². The highest BCUT2D eigenvalue weighted by Crippen LogP contribution is 2.32. The zero-order valence-electron chi connectivity index (χ0n) is 14.4. The average molecular weight is 400 g/mol. The fourth-order valence-electron chi connectivity index (χ4n) is 2.65. The number of aromatic nitrogens is 4. The number of nitrogens with one attached hydrogen (secondary N) is 1. The van der Waals surface area contributed by atoms with E-state index in [1.165, 1.54) is 18.4 Å². The molecule has 0 aliphatic heterocycles. The molecule has 4 rings (SSSR count). The molecule has 0 radical (unpaired) electrons. The number of aryl methyl sites for hydroxylation is 1. The van der Waals surface area contributed by atoms with E-state index in [9.17, 15) is 4.79 Å². The number of carbonyl (C=O) groups is 1. The van der Waals surface area contributed by atoms with Crippen molar-refractivity contribution < 1.29 is 9.53 Å². The van der Waals surface area contributed by atoms with Gasteiger partial charge in [-0.05, 0) is 37.3 Å². The Morgan fingerprint density at radius 3 is 2.81 bits per heavy atom. The molecule has 2 heterocycles. The Hall–Kier alpha value is -2.97. The summed E-state index contributed by atoms with van der Waals surface area (Å²) in [7, 11) is 1.51. The van der Waals surface area contributed by atoms with Crippen LogP contribution in [-0.2, 0) is 0 Å². The topological polar surface area (TPSA) is 81.4 Å². The van der Waals surface area contributed by atoms with Gasteiger partial charge in [0.15, 0.2) is 5.82 Å². The molecule has 136 valence electrons. The molecule has 0 saturated carbocycles. The van der Waals surface area contributed by atoms with E-state index in [2.05, 4.69) is 20.6 Å². The van der Waals surface area contributed by atoms with Gasteiger partial charge in [0.25, 0.3) is 5.91 Å². The lowest BCUT2D eigenvalue weighted by molar-refractivity contribution is 0.102. The minimum atomic E-state index is -0.319. The maximum atomic E-state index is 12.8. The minimum Gasteiger partial charge on any atom is -0.496 e. The first-order valence-electron chi connectivity index (χ1n) is 8.00. The molecule has 0 aliphatic rings. The molecule has 7 nitrogen and oxygen atoms in total. The van der Waals surface area contributed by atoms with E-state index < -0.39 is 0 Å². The Bertz CT molecular complexity index is 1150. The molecule has 9 heteroatoms. The highest BCUT2D eigenvalue weighted by atomic mass is 35.5. The van der Waals surface area contributed by atoms with Gasteiger partial charge in [-0.1, -0.05) is 35.1 Å². The number of hydrogen-bond acceptors (Lipinski definition) is 6.